The van der Waals surface area contributed by atoms with Crippen molar-refractivity contribution in [1.82, 2.24) is 4.72 Å². The third kappa shape index (κ3) is 4.02. The lowest BCUT2D eigenvalue weighted by atomic mass is 9.79. The van der Waals surface area contributed by atoms with Gasteiger partial charge in [-0.25, -0.2) is 13.1 Å². The lowest BCUT2D eigenvalue weighted by Gasteiger charge is -2.32. The van der Waals surface area contributed by atoms with E-state index in [4.69, 9.17) is 18.0 Å². The van der Waals surface area contributed by atoms with Crippen molar-refractivity contribution in [3.8, 4) is 0 Å². The van der Waals surface area contributed by atoms with Gasteiger partial charge in [-0.05, 0) is 43.2 Å². The van der Waals surface area contributed by atoms with E-state index in [9.17, 15) is 8.42 Å². The Morgan fingerprint density at radius 3 is 2.33 bits per heavy atom. The summed E-state index contributed by atoms with van der Waals surface area (Å²) in [6.07, 6.45) is 2.86. The highest BCUT2D eigenvalue weighted by Gasteiger charge is 2.28. The Morgan fingerprint density at radius 1 is 1.19 bits per heavy atom. The summed E-state index contributed by atoms with van der Waals surface area (Å²) in [4.78, 5) is 0.524. The van der Waals surface area contributed by atoms with Crippen molar-refractivity contribution in [3.63, 3.8) is 0 Å². The summed E-state index contributed by atoms with van der Waals surface area (Å²) in [6, 6.07) is 6.40. The second-order valence-corrected chi connectivity index (χ2v) is 8.13. The summed E-state index contributed by atoms with van der Waals surface area (Å²) in [5.74, 6) is 1.21. The van der Waals surface area contributed by atoms with Crippen LogP contribution in [-0.2, 0) is 10.0 Å². The molecular weight excluding hydrogens is 304 g/mol. The maximum absolute atomic E-state index is 12.4. The minimum absolute atomic E-state index is 0.0245. The number of nitrogens with two attached hydrogens (primary N) is 1. The van der Waals surface area contributed by atoms with E-state index >= 15 is 0 Å². The fourth-order valence-electron chi connectivity index (χ4n) is 2.74. The number of hydrogen-bond acceptors (Lipinski definition) is 3. The van der Waals surface area contributed by atoms with E-state index in [-0.39, 0.29) is 15.9 Å². The monoisotopic (exact) mass is 326 g/mol. The smallest absolute Gasteiger partial charge is 0.240 e. The summed E-state index contributed by atoms with van der Waals surface area (Å²) in [5, 5.41) is 0. The molecule has 0 spiro atoms. The number of sulfonamides is 1. The minimum atomic E-state index is -3.48. The Kier molecular flexibility index (Phi) is 5.01. The first-order valence-electron chi connectivity index (χ1n) is 7.22. The molecule has 116 valence electrons. The van der Waals surface area contributed by atoms with Crippen LogP contribution in [0, 0.1) is 11.8 Å². The van der Waals surface area contributed by atoms with Gasteiger partial charge in [0.25, 0.3) is 0 Å². The van der Waals surface area contributed by atoms with E-state index in [0.717, 1.165) is 19.3 Å². The molecule has 0 aliphatic heterocycles. The summed E-state index contributed by atoms with van der Waals surface area (Å²) in [6.45, 7) is 4.41. The van der Waals surface area contributed by atoms with Gasteiger partial charge < -0.3 is 5.73 Å². The lowest BCUT2D eigenvalue weighted by molar-refractivity contribution is 0.242. The predicted octanol–water partition coefficient (Wildman–Crippen LogP) is 2.42. The van der Waals surface area contributed by atoms with Crippen LogP contribution in [0.3, 0.4) is 0 Å². The molecule has 1 fully saturated rings. The molecule has 1 aliphatic rings. The molecule has 1 aromatic rings. The first kappa shape index (κ1) is 16.4. The zero-order valence-electron chi connectivity index (χ0n) is 12.4. The fraction of sp³-hybridized carbons (Fsp3) is 0.533. The van der Waals surface area contributed by atoms with Gasteiger partial charge in [0.1, 0.15) is 4.99 Å². The van der Waals surface area contributed by atoms with Crippen molar-refractivity contribution in [2.24, 2.45) is 17.6 Å². The van der Waals surface area contributed by atoms with Gasteiger partial charge in [-0.3, -0.25) is 0 Å². The van der Waals surface area contributed by atoms with Crippen molar-refractivity contribution in [3.05, 3.63) is 29.8 Å². The van der Waals surface area contributed by atoms with Gasteiger partial charge >= 0.3 is 0 Å². The van der Waals surface area contributed by atoms with E-state index in [1.165, 1.54) is 0 Å². The quantitative estimate of drug-likeness (QED) is 0.834. The largest absolute Gasteiger partial charge is 0.389 e. The van der Waals surface area contributed by atoms with E-state index in [0.29, 0.717) is 17.4 Å². The maximum Gasteiger partial charge on any atom is 0.240 e. The highest BCUT2D eigenvalue weighted by Crippen LogP contribution is 2.30. The van der Waals surface area contributed by atoms with Gasteiger partial charge in [0.2, 0.25) is 10.0 Å². The predicted molar refractivity (Wildman–Crippen MR) is 88.6 cm³/mol. The zero-order chi connectivity index (χ0) is 15.6. The highest BCUT2D eigenvalue weighted by molar-refractivity contribution is 7.89. The summed E-state index contributed by atoms with van der Waals surface area (Å²) in [7, 11) is -3.48. The molecule has 3 atom stereocenters. The van der Waals surface area contributed by atoms with Gasteiger partial charge in [0, 0.05) is 11.6 Å². The molecule has 3 unspecified atom stereocenters. The molecule has 3 N–H and O–H groups in total. The summed E-state index contributed by atoms with van der Waals surface area (Å²) >= 11 is 4.87. The van der Waals surface area contributed by atoms with Crippen LogP contribution in [0.1, 0.15) is 38.7 Å². The van der Waals surface area contributed by atoms with Gasteiger partial charge in [-0.1, -0.05) is 38.2 Å². The van der Waals surface area contributed by atoms with Crippen molar-refractivity contribution in [2.75, 3.05) is 0 Å². The van der Waals surface area contributed by atoms with Crippen LogP contribution in [0.4, 0.5) is 0 Å². The molecule has 6 heteroatoms. The lowest BCUT2D eigenvalue weighted by Crippen LogP contribution is -2.39. The topological polar surface area (TPSA) is 72.2 Å². The van der Waals surface area contributed by atoms with Gasteiger partial charge in [0.05, 0.1) is 4.90 Å². The molecule has 1 aromatic carbocycles. The summed E-state index contributed by atoms with van der Waals surface area (Å²) in [5.41, 5.74) is 6.19. The van der Waals surface area contributed by atoms with Crippen LogP contribution in [0.2, 0.25) is 0 Å². The first-order valence-corrected chi connectivity index (χ1v) is 9.11. The number of thiocarbonyl (C=S) groups is 1. The Labute approximate surface area is 132 Å². The molecule has 1 aliphatic carbocycles. The average Bonchev–Trinajstić information content (AvgIpc) is 2.43. The van der Waals surface area contributed by atoms with Crippen molar-refractivity contribution >= 4 is 27.2 Å². The third-order valence-corrected chi connectivity index (χ3v) is 6.14. The SMILES string of the molecule is CC1CCC(NS(=O)(=O)c2ccc(C(N)=S)cc2)CC1C. The number of rotatable bonds is 4. The van der Waals surface area contributed by atoms with Crippen LogP contribution in [0.15, 0.2) is 29.2 Å². The molecule has 0 amide bonds. The molecular formula is C15H22N2O2S2. The number of hydrogen-bond donors (Lipinski definition) is 2. The van der Waals surface area contributed by atoms with E-state index in [1.54, 1.807) is 24.3 Å². The molecule has 1 saturated carbocycles. The second kappa shape index (κ2) is 6.42. The van der Waals surface area contributed by atoms with Crippen LogP contribution >= 0.6 is 12.2 Å². The first-order chi connectivity index (χ1) is 9.79. The maximum atomic E-state index is 12.4. The molecule has 0 saturated heterocycles. The second-order valence-electron chi connectivity index (χ2n) is 5.97. The molecule has 0 bridgehead atoms. The minimum Gasteiger partial charge on any atom is -0.389 e. The van der Waals surface area contributed by atoms with Crippen molar-refractivity contribution in [2.45, 2.75) is 44.0 Å². The Balaban J connectivity index is 2.09. The standard InChI is InChI=1S/C15H22N2O2S2/c1-10-3-6-13(9-11(10)2)17-21(18,19)14-7-4-12(5-8-14)15(16)20/h4-5,7-8,10-11,13,17H,3,6,9H2,1-2H3,(H2,16,20). The molecule has 0 aromatic heterocycles. The normalized spacial score (nSPS) is 26.5. The molecule has 0 radical (unpaired) electrons. The average molecular weight is 326 g/mol. The van der Waals surface area contributed by atoms with Crippen LogP contribution in [0.25, 0.3) is 0 Å². The van der Waals surface area contributed by atoms with Gasteiger partial charge in [-0.2, -0.15) is 0 Å². The zero-order valence-corrected chi connectivity index (χ0v) is 14.0. The molecule has 2 rings (SSSR count). The van der Waals surface area contributed by atoms with E-state index in [1.807, 2.05) is 0 Å². The Morgan fingerprint density at radius 2 is 1.81 bits per heavy atom. The van der Waals surface area contributed by atoms with E-state index < -0.39 is 10.0 Å². The number of benzene rings is 1. The Bertz CT molecular complexity index is 611. The third-order valence-electron chi connectivity index (χ3n) is 4.37. The molecule has 0 heterocycles. The van der Waals surface area contributed by atoms with Crippen molar-refractivity contribution < 1.29 is 8.42 Å². The number of nitrogens with one attached hydrogen (secondary N) is 1. The van der Waals surface area contributed by atoms with Crippen molar-refractivity contribution in [1.29, 1.82) is 0 Å². The molecule has 4 nitrogen and oxygen atoms in total. The highest BCUT2D eigenvalue weighted by atomic mass is 32.2. The molecule has 21 heavy (non-hydrogen) atoms. The van der Waals surface area contributed by atoms with Crippen LogP contribution < -0.4 is 10.5 Å². The fourth-order valence-corrected chi connectivity index (χ4v) is 4.16. The van der Waals surface area contributed by atoms with E-state index in [2.05, 4.69) is 18.6 Å². The van der Waals surface area contributed by atoms with Crippen LogP contribution in [0.5, 0.6) is 0 Å². The summed E-state index contributed by atoms with van der Waals surface area (Å²) < 4.78 is 27.6. The van der Waals surface area contributed by atoms with Gasteiger partial charge in [0.15, 0.2) is 0 Å². The van der Waals surface area contributed by atoms with Crippen LogP contribution in [-0.4, -0.2) is 19.4 Å². The Hall–Kier alpha value is -0.980. The van der Waals surface area contributed by atoms with Gasteiger partial charge in [-0.15, -0.1) is 0 Å².